The van der Waals surface area contributed by atoms with Gasteiger partial charge in [0.15, 0.2) is 0 Å². The number of carbonyl (C=O) groups excluding carboxylic acids is 2. The number of rotatable bonds is 4. The Balaban J connectivity index is 4.12. The van der Waals surface area contributed by atoms with E-state index in [1.165, 1.54) is 12.0 Å². The van der Waals surface area contributed by atoms with Gasteiger partial charge in [-0.2, -0.15) is 0 Å². The molecule has 0 saturated heterocycles. The lowest BCUT2D eigenvalue weighted by Gasteiger charge is -2.21. The Kier molecular flexibility index (Phi) is 4.60. The zero-order valence-corrected chi connectivity index (χ0v) is 9.59. The van der Waals surface area contributed by atoms with Gasteiger partial charge in [-0.25, -0.2) is 0 Å². The molecule has 1 amide bonds. The summed E-state index contributed by atoms with van der Waals surface area (Å²) in [5.74, 6) is -0.244. The molecule has 4 nitrogen and oxygen atoms in total. The van der Waals surface area contributed by atoms with Crippen molar-refractivity contribution in [1.82, 2.24) is 4.90 Å². The molecule has 0 heterocycles. The largest absolute Gasteiger partial charge is 0.469 e. The van der Waals surface area contributed by atoms with Gasteiger partial charge in [0.2, 0.25) is 5.91 Å². The monoisotopic (exact) mass is 201 g/mol. The van der Waals surface area contributed by atoms with Gasteiger partial charge < -0.3 is 9.64 Å². The first-order chi connectivity index (χ1) is 6.31. The number of amides is 1. The van der Waals surface area contributed by atoms with Crippen molar-refractivity contribution in [3.63, 3.8) is 0 Å². The summed E-state index contributed by atoms with van der Waals surface area (Å²) in [6, 6.07) is 0. The van der Waals surface area contributed by atoms with Crippen LogP contribution in [-0.4, -0.2) is 38.0 Å². The van der Waals surface area contributed by atoms with E-state index in [0.717, 1.165) is 0 Å². The van der Waals surface area contributed by atoms with Gasteiger partial charge in [0, 0.05) is 20.5 Å². The fourth-order valence-electron chi connectivity index (χ4n) is 1.02. The molecule has 14 heavy (non-hydrogen) atoms. The molecule has 0 aromatic rings. The highest BCUT2D eigenvalue weighted by atomic mass is 16.5. The molecule has 0 aliphatic heterocycles. The molecule has 0 spiro atoms. The quantitative estimate of drug-likeness (QED) is 0.639. The zero-order chi connectivity index (χ0) is 11.4. The molecule has 0 aromatic carbocycles. The van der Waals surface area contributed by atoms with E-state index >= 15 is 0 Å². The van der Waals surface area contributed by atoms with Crippen molar-refractivity contribution >= 4 is 11.9 Å². The zero-order valence-electron chi connectivity index (χ0n) is 9.59. The van der Waals surface area contributed by atoms with E-state index in [-0.39, 0.29) is 11.9 Å². The molecule has 4 heteroatoms. The number of hydrogen-bond donors (Lipinski definition) is 0. The van der Waals surface area contributed by atoms with Crippen LogP contribution < -0.4 is 0 Å². The third-order valence-corrected chi connectivity index (χ3v) is 2.20. The lowest BCUT2D eigenvalue weighted by molar-refractivity contribution is -0.151. The summed E-state index contributed by atoms with van der Waals surface area (Å²) in [7, 11) is 4.76. The van der Waals surface area contributed by atoms with Gasteiger partial charge in [-0.05, 0) is 20.3 Å². The maximum Gasteiger partial charge on any atom is 0.311 e. The highest BCUT2D eigenvalue weighted by Crippen LogP contribution is 2.23. The van der Waals surface area contributed by atoms with Crippen LogP contribution in [0.3, 0.4) is 0 Å². The van der Waals surface area contributed by atoms with Crippen LogP contribution in [0.25, 0.3) is 0 Å². The third-order valence-electron chi connectivity index (χ3n) is 2.20. The van der Waals surface area contributed by atoms with Gasteiger partial charge in [0.25, 0.3) is 0 Å². The summed E-state index contributed by atoms with van der Waals surface area (Å²) in [4.78, 5) is 24.1. The van der Waals surface area contributed by atoms with Crippen molar-refractivity contribution in [2.45, 2.75) is 26.7 Å². The molecular formula is C10H19NO3. The van der Waals surface area contributed by atoms with E-state index in [4.69, 9.17) is 0 Å². The molecule has 0 radical (unpaired) electrons. The molecule has 0 fully saturated rings. The summed E-state index contributed by atoms with van der Waals surface area (Å²) in [6.07, 6.45) is 0.881. The maximum atomic E-state index is 11.3. The smallest absolute Gasteiger partial charge is 0.311 e. The molecule has 82 valence electrons. The normalized spacial score (nSPS) is 10.9. The predicted molar refractivity (Wildman–Crippen MR) is 53.7 cm³/mol. The van der Waals surface area contributed by atoms with E-state index in [0.29, 0.717) is 12.8 Å². The number of methoxy groups -OCH3 is 1. The summed E-state index contributed by atoms with van der Waals surface area (Å²) < 4.78 is 4.64. The fraction of sp³-hybridized carbons (Fsp3) is 0.800. The molecule has 0 saturated carbocycles. The van der Waals surface area contributed by atoms with E-state index in [1.807, 2.05) is 0 Å². The highest BCUT2D eigenvalue weighted by Gasteiger charge is 2.29. The van der Waals surface area contributed by atoms with Gasteiger partial charge in [-0.1, -0.05) is 0 Å². The fourth-order valence-corrected chi connectivity index (χ4v) is 1.02. The molecular weight excluding hydrogens is 182 g/mol. The number of ether oxygens (including phenoxy) is 1. The SMILES string of the molecule is COC(=O)C(C)(C)CCC(=O)N(C)C. The minimum absolute atomic E-state index is 0.0296. The number of esters is 1. The Morgan fingerprint density at radius 3 is 2.14 bits per heavy atom. The average Bonchev–Trinajstić information content (AvgIpc) is 2.12. The van der Waals surface area contributed by atoms with Gasteiger partial charge in [0.05, 0.1) is 12.5 Å². The Bertz CT molecular complexity index is 221. The second-order valence-corrected chi connectivity index (χ2v) is 4.16. The van der Waals surface area contributed by atoms with Crippen LogP contribution in [0.4, 0.5) is 0 Å². The minimum atomic E-state index is -0.583. The summed E-state index contributed by atoms with van der Waals surface area (Å²) in [5, 5.41) is 0. The van der Waals surface area contributed by atoms with Crippen LogP contribution in [0, 0.1) is 5.41 Å². The molecule has 0 bridgehead atoms. The van der Waals surface area contributed by atoms with E-state index in [1.54, 1.807) is 27.9 Å². The molecule has 0 aliphatic rings. The maximum absolute atomic E-state index is 11.3. The first-order valence-corrected chi connectivity index (χ1v) is 4.60. The lowest BCUT2D eigenvalue weighted by atomic mass is 9.88. The van der Waals surface area contributed by atoms with E-state index < -0.39 is 5.41 Å². The number of carbonyl (C=O) groups is 2. The van der Waals surface area contributed by atoms with Crippen LogP contribution >= 0.6 is 0 Å². The van der Waals surface area contributed by atoms with Crippen molar-refractivity contribution in [3.8, 4) is 0 Å². The average molecular weight is 201 g/mol. The van der Waals surface area contributed by atoms with Gasteiger partial charge in [-0.3, -0.25) is 9.59 Å². The first kappa shape index (κ1) is 12.9. The van der Waals surface area contributed by atoms with Crippen molar-refractivity contribution in [2.24, 2.45) is 5.41 Å². The standard InChI is InChI=1S/C10H19NO3/c1-10(2,9(13)14-5)7-6-8(12)11(3)4/h6-7H2,1-5H3. The number of nitrogens with zero attached hydrogens (tertiary/aromatic N) is 1. The summed E-state index contributed by atoms with van der Waals surface area (Å²) in [5.41, 5.74) is -0.583. The molecule has 0 aliphatic carbocycles. The second-order valence-electron chi connectivity index (χ2n) is 4.16. The van der Waals surface area contributed by atoms with Crippen LogP contribution in [0.2, 0.25) is 0 Å². The Morgan fingerprint density at radius 2 is 1.79 bits per heavy atom. The Labute approximate surface area is 85.2 Å². The molecule has 0 rings (SSSR count). The van der Waals surface area contributed by atoms with E-state index in [9.17, 15) is 9.59 Å². The van der Waals surface area contributed by atoms with Crippen molar-refractivity contribution < 1.29 is 14.3 Å². The summed E-state index contributed by atoms with van der Waals surface area (Å²) in [6.45, 7) is 3.56. The number of hydrogen-bond acceptors (Lipinski definition) is 3. The molecule has 0 N–H and O–H groups in total. The van der Waals surface area contributed by atoms with Gasteiger partial charge in [-0.15, -0.1) is 0 Å². The van der Waals surface area contributed by atoms with Gasteiger partial charge >= 0.3 is 5.97 Å². The van der Waals surface area contributed by atoms with Crippen LogP contribution in [0.1, 0.15) is 26.7 Å². The van der Waals surface area contributed by atoms with Crippen LogP contribution in [0.15, 0.2) is 0 Å². The minimum Gasteiger partial charge on any atom is -0.469 e. The van der Waals surface area contributed by atoms with Crippen molar-refractivity contribution in [1.29, 1.82) is 0 Å². The molecule has 0 aromatic heterocycles. The molecule has 0 atom stereocenters. The predicted octanol–water partition coefficient (Wildman–Crippen LogP) is 1.05. The van der Waals surface area contributed by atoms with Crippen LogP contribution in [0.5, 0.6) is 0 Å². The van der Waals surface area contributed by atoms with Crippen LogP contribution in [-0.2, 0) is 14.3 Å². The second kappa shape index (κ2) is 4.98. The van der Waals surface area contributed by atoms with Gasteiger partial charge in [0.1, 0.15) is 0 Å². The lowest BCUT2D eigenvalue weighted by Crippen LogP contribution is -2.29. The van der Waals surface area contributed by atoms with E-state index in [2.05, 4.69) is 4.74 Å². The Morgan fingerprint density at radius 1 is 1.29 bits per heavy atom. The first-order valence-electron chi connectivity index (χ1n) is 4.60. The highest BCUT2D eigenvalue weighted by molar-refractivity contribution is 5.79. The van der Waals surface area contributed by atoms with Crippen molar-refractivity contribution in [3.05, 3.63) is 0 Å². The van der Waals surface area contributed by atoms with Crippen molar-refractivity contribution in [2.75, 3.05) is 21.2 Å². The summed E-state index contributed by atoms with van der Waals surface area (Å²) >= 11 is 0. The topological polar surface area (TPSA) is 46.6 Å². The Hall–Kier alpha value is -1.06. The third kappa shape index (κ3) is 3.77. The molecule has 0 unspecified atom stereocenters.